The summed E-state index contributed by atoms with van der Waals surface area (Å²) in [5.74, 6) is 3.20. The van der Waals surface area contributed by atoms with Gasteiger partial charge < -0.3 is 14.4 Å². The predicted molar refractivity (Wildman–Crippen MR) is 161 cm³/mol. The lowest BCUT2D eigenvalue weighted by atomic mass is 9.65. The van der Waals surface area contributed by atoms with E-state index < -0.39 is 7.37 Å². The monoisotopic (exact) mass is 564 g/mol. The Morgan fingerprint density at radius 1 is 0.925 bits per heavy atom. The van der Waals surface area contributed by atoms with Gasteiger partial charge in [-0.2, -0.15) is 0 Å². The number of hydrogen-bond donors (Lipinski definition) is 1. The summed E-state index contributed by atoms with van der Waals surface area (Å²) in [5.41, 5.74) is 1.80. The van der Waals surface area contributed by atoms with Gasteiger partial charge in [0, 0.05) is 49.2 Å². The molecule has 8 atom stereocenters. The van der Waals surface area contributed by atoms with Crippen molar-refractivity contribution in [3.05, 3.63) is 46.0 Å². The quantitative estimate of drug-likeness (QED) is 0.448. The fourth-order valence-corrected chi connectivity index (χ4v) is 10.5. The van der Waals surface area contributed by atoms with Crippen LogP contribution in [0.25, 0.3) is 11.0 Å². The van der Waals surface area contributed by atoms with E-state index in [9.17, 15) is 14.3 Å². The summed E-state index contributed by atoms with van der Waals surface area (Å²) in [6.07, 6.45) is 15.2. The molecule has 0 spiro atoms. The number of nitrogens with zero attached hydrogens (tertiary/aromatic N) is 4. The van der Waals surface area contributed by atoms with E-state index in [0.29, 0.717) is 42.7 Å². The highest BCUT2D eigenvalue weighted by molar-refractivity contribution is 7.61. The fraction of sp³-hybridized carbons (Fsp3) is 0.688. The first kappa shape index (κ1) is 26.9. The third-order valence-corrected chi connectivity index (χ3v) is 12.4. The van der Waals surface area contributed by atoms with E-state index in [-0.39, 0.29) is 11.6 Å². The zero-order valence-electron chi connectivity index (χ0n) is 24.1. The Labute approximate surface area is 238 Å². The van der Waals surface area contributed by atoms with Gasteiger partial charge in [-0.3, -0.25) is 14.3 Å². The van der Waals surface area contributed by atoms with Gasteiger partial charge in [0.2, 0.25) is 7.37 Å². The highest BCUT2D eigenvalue weighted by atomic mass is 31.2. The average Bonchev–Trinajstić information content (AvgIpc) is 2.91. The van der Waals surface area contributed by atoms with Gasteiger partial charge in [0.25, 0.3) is 5.56 Å². The first-order valence-corrected chi connectivity index (χ1v) is 17.9. The Balaban J connectivity index is 1.20. The molecule has 5 aliphatic rings. The van der Waals surface area contributed by atoms with Crippen molar-refractivity contribution in [2.45, 2.75) is 102 Å². The minimum Gasteiger partial charge on any atom is -0.348 e. The van der Waals surface area contributed by atoms with Crippen LogP contribution in [0.15, 0.2) is 40.5 Å². The Morgan fingerprint density at radius 2 is 1.62 bits per heavy atom. The molecule has 7 rings (SSSR count). The summed E-state index contributed by atoms with van der Waals surface area (Å²) >= 11 is 0. The molecule has 0 amide bonds. The largest absolute Gasteiger partial charge is 0.348 e. The lowest BCUT2D eigenvalue weighted by molar-refractivity contribution is -0.0524. The maximum absolute atomic E-state index is 14.2. The molecule has 4 heterocycles. The van der Waals surface area contributed by atoms with Crippen LogP contribution in [0, 0.1) is 17.8 Å². The molecule has 2 aromatic rings. The molecule has 1 aromatic carbocycles. The maximum Gasteiger partial charge on any atom is 0.294 e. The maximum atomic E-state index is 14.2. The SMILES string of the molecule is CC1C[C@@H]2CC(N3[C@@H]4CCC[C@H]3CC(n3c(=O)c(N5CC=C(P(C)(=O)O)CC5)nc5ccccc53)C4)C[C@H](C1)C2. The molecular formula is C32H45N4O3P. The number of piperidine rings is 2. The van der Waals surface area contributed by atoms with E-state index in [2.05, 4.69) is 22.5 Å². The lowest BCUT2D eigenvalue weighted by Crippen LogP contribution is -2.59. The third kappa shape index (κ3) is 4.90. The first-order valence-electron chi connectivity index (χ1n) is 15.8. The number of para-hydroxylation sites is 2. The minimum absolute atomic E-state index is 0.00283. The van der Waals surface area contributed by atoms with Crippen LogP contribution in [-0.4, -0.2) is 57.2 Å². The van der Waals surface area contributed by atoms with Gasteiger partial charge >= 0.3 is 0 Å². The van der Waals surface area contributed by atoms with E-state index >= 15 is 0 Å². The topological polar surface area (TPSA) is 78.7 Å². The number of fused-ring (bicyclic) bond motifs is 5. The Morgan fingerprint density at radius 3 is 2.27 bits per heavy atom. The Bertz CT molecular complexity index is 1380. The summed E-state index contributed by atoms with van der Waals surface area (Å²) in [7, 11) is -3.25. The van der Waals surface area contributed by atoms with Crippen molar-refractivity contribution < 1.29 is 9.46 Å². The first-order chi connectivity index (χ1) is 19.2. The molecule has 4 bridgehead atoms. The summed E-state index contributed by atoms with van der Waals surface area (Å²) in [5, 5.41) is 0.603. The summed E-state index contributed by atoms with van der Waals surface area (Å²) < 4.78 is 14.3. The van der Waals surface area contributed by atoms with E-state index in [0.717, 1.165) is 47.7 Å². The molecule has 8 heteroatoms. The van der Waals surface area contributed by atoms with Crippen molar-refractivity contribution >= 4 is 24.2 Å². The van der Waals surface area contributed by atoms with E-state index in [4.69, 9.17) is 4.98 Å². The van der Waals surface area contributed by atoms with Crippen molar-refractivity contribution in [3.8, 4) is 0 Å². The van der Waals surface area contributed by atoms with Crippen LogP contribution in [0.1, 0.15) is 83.6 Å². The van der Waals surface area contributed by atoms with Gasteiger partial charge in [0.05, 0.1) is 11.0 Å². The van der Waals surface area contributed by atoms with Gasteiger partial charge in [0.15, 0.2) is 5.82 Å². The van der Waals surface area contributed by atoms with Crippen molar-refractivity contribution in [1.29, 1.82) is 0 Å². The third-order valence-electron chi connectivity index (χ3n) is 10.9. The Hall–Kier alpha value is -1.95. The minimum atomic E-state index is -3.25. The molecule has 4 unspecified atom stereocenters. The molecule has 4 fully saturated rings. The van der Waals surface area contributed by atoms with E-state index in [1.54, 1.807) is 0 Å². The number of rotatable bonds is 4. The number of benzene rings is 1. The van der Waals surface area contributed by atoms with Crippen LogP contribution < -0.4 is 10.5 Å². The molecule has 7 nitrogen and oxygen atoms in total. The summed E-state index contributed by atoms with van der Waals surface area (Å²) in [4.78, 5) is 34.1. The zero-order chi connectivity index (χ0) is 27.6. The fourth-order valence-electron chi connectivity index (χ4n) is 9.53. The second-order valence-electron chi connectivity index (χ2n) is 13.9. The van der Waals surface area contributed by atoms with Crippen LogP contribution in [0.5, 0.6) is 0 Å². The number of anilines is 1. The van der Waals surface area contributed by atoms with E-state index in [1.807, 2.05) is 29.2 Å². The normalized spacial score (nSPS) is 36.2. The summed E-state index contributed by atoms with van der Waals surface area (Å²) in [6, 6.07) is 10.1. The van der Waals surface area contributed by atoms with Crippen LogP contribution in [0.4, 0.5) is 5.82 Å². The second-order valence-corrected chi connectivity index (χ2v) is 16.2. The molecule has 1 aromatic heterocycles. The zero-order valence-corrected chi connectivity index (χ0v) is 25.0. The predicted octanol–water partition coefficient (Wildman–Crippen LogP) is 6.16. The molecule has 2 saturated carbocycles. The van der Waals surface area contributed by atoms with Gasteiger partial charge in [-0.25, -0.2) is 4.98 Å². The molecule has 1 N–H and O–H groups in total. The summed E-state index contributed by atoms with van der Waals surface area (Å²) in [6.45, 7) is 4.84. The van der Waals surface area contributed by atoms with Gasteiger partial charge in [-0.1, -0.05) is 31.6 Å². The van der Waals surface area contributed by atoms with Gasteiger partial charge in [0.1, 0.15) is 0 Å². The smallest absolute Gasteiger partial charge is 0.294 e. The van der Waals surface area contributed by atoms with Gasteiger partial charge in [-0.15, -0.1) is 0 Å². The van der Waals surface area contributed by atoms with Crippen LogP contribution in [0.3, 0.4) is 0 Å². The molecule has 40 heavy (non-hydrogen) atoms. The van der Waals surface area contributed by atoms with E-state index in [1.165, 1.54) is 58.0 Å². The van der Waals surface area contributed by atoms with Crippen molar-refractivity contribution in [2.24, 2.45) is 17.8 Å². The number of hydrogen-bond acceptors (Lipinski definition) is 5. The molecular weight excluding hydrogens is 519 g/mol. The van der Waals surface area contributed by atoms with Crippen LogP contribution in [-0.2, 0) is 4.57 Å². The number of aromatic nitrogens is 2. The van der Waals surface area contributed by atoms with Crippen molar-refractivity contribution in [2.75, 3.05) is 24.7 Å². The second kappa shape index (κ2) is 10.4. The molecule has 0 radical (unpaired) electrons. The van der Waals surface area contributed by atoms with Crippen LogP contribution >= 0.6 is 7.37 Å². The van der Waals surface area contributed by atoms with Crippen LogP contribution in [0.2, 0.25) is 0 Å². The molecule has 216 valence electrons. The van der Waals surface area contributed by atoms with Crippen molar-refractivity contribution in [3.63, 3.8) is 0 Å². The standard InChI is InChI=1S/C32H45N4O3P/c1-21-14-22-16-23(15-21)18-26(17-22)35-24-6-5-7-25(35)20-27(19-24)36-30-9-4-3-8-29(30)33-31(32(36)37)34-12-10-28(11-13-34)40(2,38)39/h3-4,8-10,21-27H,5-7,11-20H2,1-2H3,(H,38,39)/t21?,22-,23+,24-,25+,26?,27?. The molecule has 2 aliphatic carbocycles. The Kier molecular flexibility index (Phi) is 7.00. The molecule has 2 saturated heterocycles. The highest BCUT2D eigenvalue weighted by Gasteiger charge is 2.46. The lowest BCUT2D eigenvalue weighted by Gasteiger charge is -2.55. The molecule has 3 aliphatic heterocycles. The average molecular weight is 565 g/mol. The van der Waals surface area contributed by atoms with Gasteiger partial charge in [-0.05, 0) is 94.1 Å². The van der Waals surface area contributed by atoms with Crippen molar-refractivity contribution in [1.82, 2.24) is 14.5 Å². The highest BCUT2D eigenvalue weighted by Crippen LogP contribution is 2.50.